The van der Waals surface area contributed by atoms with Gasteiger partial charge in [0, 0.05) is 19.1 Å². The summed E-state index contributed by atoms with van der Waals surface area (Å²) in [6.07, 6.45) is 1.19. The molecule has 0 aromatic heterocycles. The summed E-state index contributed by atoms with van der Waals surface area (Å²) in [5.41, 5.74) is 0. The first-order chi connectivity index (χ1) is 6.27. The monoisotopic (exact) mass is 187 g/mol. The molecule has 3 atom stereocenters. The number of alkyl halides is 1. The maximum atomic E-state index is 13.3. The van der Waals surface area contributed by atoms with Gasteiger partial charge < -0.3 is 4.74 Å². The lowest BCUT2D eigenvalue weighted by Crippen LogP contribution is -2.42. The summed E-state index contributed by atoms with van der Waals surface area (Å²) in [7, 11) is 0. The van der Waals surface area contributed by atoms with Crippen molar-refractivity contribution >= 4 is 0 Å². The van der Waals surface area contributed by atoms with Crippen molar-refractivity contribution in [3.8, 4) is 0 Å². The summed E-state index contributed by atoms with van der Waals surface area (Å²) in [5, 5.41) is 0. The standard InChI is InChI=1S/C10H18FNO/c1-8-6-9(7-10(8)11)12-2-4-13-5-3-12/h8-10H,2-7H2,1H3. The minimum atomic E-state index is -0.576. The Morgan fingerprint density at radius 3 is 2.46 bits per heavy atom. The van der Waals surface area contributed by atoms with Crippen LogP contribution in [0.2, 0.25) is 0 Å². The van der Waals surface area contributed by atoms with Crippen molar-refractivity contribution in [3.63, 3.8) is 0 Å². The predicted octanol–water partition coefficient (Wildman–Crippen LogP) is 1.46. The molecule has 0 N–H and O–H groups in total. The number of rotatable bonds is 1. The molecule has 0 aromatic carbocycles. The Morgan fingerprint density at radius 2 is 1.92 bits per heavy atom. The molecule has 1 aliphatic carbocycles. The van der Waals surface area contributed by atoms with Crippen LogP contribution < -0.4 is 0 Å². The van der Waals surface area contributed by atoms with E-state index in [1.807, 2.05) is 6.92 Å². The van der Waals surface area contributed by atoms with Crippen LogP contribution in [0.1, 0.15) is 19.8 Å². The average Bonchev–Trinajstić information content (AvgIpc) is 2.49. The van der Waals surface area contributed by atoms with E-state index in [0.717, 1.165) is 39.1 Å². The molecule has 1 aliphatic heterocycles. The fourth-order valence-electron chi connectivity index (χ4n) is 2.41. The molecule has 0 spiro atoms. The molecule has 13 heavy (non-hydrogen) atoms. The van der Waals surface area contributed by atoms with Gasteiger partial charge in [0.25, 0.3) is 0 Å². The average molecular weight is 187 g/mol. The van der Waals surface area contributed by atoms with E-state index < -0.39 is 6.17 Å². The zero-order valence-corrected chi connectivity index (χ0v) is 8.21. The summed E-state index contributed by atoms with van der Waals surface area (Å²) < 4.78 is 18.5. The Hall–Kier alpha value is -0.150. The van der Waals surface area contributed by atoms with Crippen molar-refractivity contribution in [1.29, 1.82) is 0 Å². The first-order valence-electron chi connectivity index (χ1n) is 5.23. The second kappa shape index (κ2) is 3.93. The highest BCUT2D eigenvalue weighted by atomic mass is 19.1. The lowest BCUT2D eigenvalue weighted by molar-refractivity contribution is 0.0165. The highest BCUT2D eigenvalue weighted by Gasteiger charge is 2.34. The number of morpholine rings is 1. The largest absolute Gasteiger partial charge is 0.379 e. The van der Waals surface area contributed by atoms with E-state index in [0.29, 0.717) is 6.04 Å². The lowest BCUT2D eigenvalue weighted by atomic mass is 10.1. The summed E-state index contributed by atoms with van der Waals surface area (Å²) >= 11 is 0. The predicted molar refractivity (Wildman–Crippen MR) is 49.5 cm³/mol. The molecular formula is C10H18FNO. The van der Waals surface area contributed by atoms with E-state index in [9.17, 15) is 4.39 Å². The van der Waals surface area contributed by atoms with Crippen molar-refractivity contribution < 1.29 is 9.13 Å². The number of hydrogen-bond acceptors (Lipinski definition) is 2. The summed E-state index contributed by atoms with van der Waals surface area (Å²) in [5.74, 6) is 0.257. The van der Waals surface area contributed by atoms with Gasteiger partial charge in [-0.2, -0.15) is 0 Å². The van der Waals surface area contributed by atoms with Crippen LogP contribution in [0.25, 0.3) is 0 Å². The molecule has 76 valence electrons. The third-order valence-corrected chi connectivity index (χ3v) is 3.32. The molecule has 3 unspecified atom stereocenters. The Balaban J connectivity index is 1.87. The first kappa shape index (κ1) is 9.41. The molecule has 2 aliphatic rings. The van der Waals surface area contributed by atoms with Gasteiger partial charge in [-0.1, -0.05) is 6.92 Å². The molecule has 0 aromatic rings. The van der Waals surface area contributed by atoms with Crippen LogP contribution in [-0.2, 0) is 4.74 Å². The number of ether oxygens (including phenoxy) is 1. The van der Waals surface area contributed by atoms with E-state index in [1.54, 1.807) is 0 Å². The van der Waals surface area contributed by atoms with E-state index in [2.05, 4.69) is 4.90 Å². The van der Waals surface area contributed by atoms with Crippen LogP contribution in [-0.4, -0.2) is 43.4 Å². The van der Waals surface area contributed by atoms with Crippen molar-refractivity contribution in [2.75, 3.05) is 26.3 Å². The van der Waals surface area contributed by atoms with E-state index in [-0.39, 0.29) is 5.92 Å². The van der Waals surface area contributed by atoms with Gasteiger partial charge in [-0.25, -0.2) is 4.39 Å². The molecule has 0 radical (unpaired) electrons. The van der Waals surface area contributed by atoms with Gasteiger partial charge >= 0.3 is 0 Å². The highest BCUT2D eigenvalue weighted by molar-refractivity contribution is 4.87. The molecule has 0 bridgehead atoms. The smallest absolute Gasteiger partial charge is 0.104 e. The van der Waals surface area contributed by atoms with Gasteiger partial charge in [0.2, 0.25) is 0 Å². The van der Waals surface area contributed by atoms with E-state index in [4.69, 9.17) is 4.74 Å². The molecule has 2 fully saturated rings. The van der Waals surface area contributed by atoms with Crippen LogP contribution >= 0.6 is 0 Å². The summed E-state index contributed by atoms with van der Waals surface area (Å²) in [6.45, 7) is 5.64. The molecule has 1 saturated carbocycles. The van der Waals surface area contributed by atoms with Gasteiger partial charge in [-0.05, 0) is 18.8 Å². The van der Waals surface area contributed by atoms with Gasteiger partial charge in [0.1, 0.15) is 6.17 Å². The lowest BCUT2D eigenvalue weighted by Gasteiger charge is -2.32. The van der Waals surface area contributed by atoms with Crippen molar-refractivity contribution in [1.82, 2.24) is 4.90 Å². The zero-order valence-electron chi connectivity index (χ0n) is 8.21. The van der Waals surface area contributed by atoms with Crippen LogP contribution in [0.5, 0.6) is 0 Å². The van der Waals surface area contributed by atoms with Gasteiger partial charge in [-0.3, -0.25) is 4.90 Å². The Morgan fingerprint density at radius 1 is 1.23 bits per heavy atom. The summed E-state index contributed by atoms with van der Waals surface area (Å²) in [4.78, 5) is 2.39. The van der Waals surface area contributed by atoms with Gasteiger partial charge in [0.15, 0.2) is 0 Å². The van der Waals surface area contributed by atoms with Crippen LogP contribution in [0.4, 0.5) is 4.39 Å². The first-order valence-corrected chi connectivity index (χ1v) is 5.23. The van der Waals surface area contributed by atoms with Crippen molar-refractivity contribution in [2.24, 2.45) is 5.92 Å². The number of hydrogen-bond donors (Lipinski definition) is 0. The molecular weight excluding hydrogens is 169 g/mol. The van der Waals surface area contributed by atoms with Crippen molar-refractivity contribution in [3.05, 3.63) is 0 Å². The third kappa shape index (κ3) is 2.02. The minimum absolute atomic E-state index is 0.257. The quantitative estimate of drug-likeness (QED) is 0.616. The van der Waals surface area contributed by atoms with Crippen molar-refractivity contribution in [2.45, 2.75) is 32.0 Å². The molecule has 3 heteroatoms. The second-order valence-electron chi connectivity index (χ2n) is 4.27. The second-order valence-corrected chi connectivity index (χ2v) is 4.27. The Kier molecular flexibility index (Phi) is 2.84. The van der Waals surface area contributed by atoms with Crippen LogP contribution in [0.3, 0.4) is 0 Å². The number of nitrogens with zero attached hydrogens (tertiary/aromatic N) is 1. The molecule has 1 heterocycles. The minimum Gasteiger partial charge on any atom is -0.379 e. The maximum absolute atomic E-state index is 13.3. The highest BCUT2D eigenvalue weighted by Crippen LogP contribution is 2.31. The molecule has 0 amide bonds. The van der Waals surface area contributed by atoms with Gasteiger partial charge in [-0.15, -0.1) is 0 Å². The third-order valence-electron chi connectivity index (χ3n) is 3.32. The van der Waals surface area contributed by atoms with E-state index >= 15 is 0 Å². The Labute approximate surface area is 79.1 Å². The fourth-order valence-corrected chi connectivity index (χ4v) is 2.41. The normalized spacial score (nSPS) is 42.5. The maximum Gasteiger partial charge on any atom is 0.104 e. The van der Waals surface area contributed by atoms with Gasteiger partial charge in [0.05, 0.1) is 13.2 Å². The SMILES string of the molecule is CC1CC(N2CCOCC2)CC1F. The number of halogens is 1. The Bertz CT molecular complexity index is 160. The summed E-state index contributed by atoms with van der Waals surface area (Å²) in [6, 6.07) is 0.480. The van der Waals surface area contributed by atoms with E-state index in [1.165, 1.54) is 0 Å². The molecule has 2 rings (SSSR count). The zero-order chi connectivity index (χ0) is 9.26. The van der Waals surface area contributed by atoms with Crippen LogP contribution in [0.15, 0.2) is 0 Å². The topological polar surface area (TPSA) is 12.5 Å². The van der Waals surface area contributed by atoms with Crippen LogP contribution in [0, 0.1) is 5.92 Å². The molecule has 1 saturated heterocycles. The fraction of sp³-hybridized carbons (Fsp3) is 1.00. The molecule has 2 nitrogen and oxygen atoms in total.